The molecule has 1 aromatic carbocycles. The van der Waals surface area contributed by atoms with Gasteiger partial charge in [-0.3, -0.25) is 4.79 Å². The second-order valence-electron chi connectivity index (χ2n) is 5.49. The monoisotopic (exact) mass is 276 g/mol. The van der Waals surface area contributed by atoms with Crippen LogP contribution in [-0.4, -0.2) is 36.7 Å². The highest BCUT2D eigenvalue weighted by atomic mass is 16.7. The van der Waals surface area contributed by atoms with Gasteiger partial charge in [-0.05, 0) is 37.0 Å². The highest BCUT2D eigenvalue weighted by Crippen LogP contribution is 2.33. The molecular formula is C15H20N2O3. The van der Waals surface area contributed by atoms with E-state index in [1.807, 2.05) is 4.90 Å². The molecule has 2 aliphatic rings. The van der Waals surface area contributed by atoms with Gasteiger partial charge in [-0.1, -0.05) is 6.92 Å². The van der Waals surface area contributed by atoms with E-state index in [1.54, 1.807) is 18.2 Å². The average molecular weight is 276 g/mol. The van der Waals surface area contributed by atoms with Crippen LogP contribution in [0.2, 0.25) is 0 Å². The lowest BCUT2D eigenvalue weighted by molar-refractivity contribution is 0.0532. The molecule has 20 heavy (non-hydrogen) atoms. The van der Waals surface area contributed by atoms with Crippen LogP contribution in [0.3, 0.4) is 0 Å². The van der Waals surface area contributed by atoms with Crippen molar-refractivity contribution in [3.05, 3.63) is 23.8 Å². The topological polar surface area (TPSA) is 64.8 Å². The van der Waals surface area contributed by atoms with Crippen molar-refractivity contribution in [1.82, 2.24) is 4.90 Å². The van der Waals surface area contributed by atoms with E-state index in [2.05, 4.69) is 6.92 Å². The van der Waals surface area contributed by atoms with Gasteiger partial charge in [0.05, 0.1) is 0 Å². The van der Waals surface area contributed by atoms with E-state index in [9.17, 15) is 4.79 Å². The maximum atomic E-state index is 12.7. The minimum atomic E-state index is 0.0327. The van der Waals surface area contributed by atoms with Crippen LogP contribution in [0.15, 0.2) is 18.2 Å². The Kier molecular flexibility index (Phi) is 3.53. The number of carbonyl (C=O) groups excluding carboxylic acids is 1. The second-order valence-corrected chi connectivity index (χ2v) is 5.49. The molecule has 0 radical (unpaired) electrons. The summed E-state index contributed by atoms with van der Waals surface area (Å²) in [5, 5.41) is 0. The first-order chi connectivity index (χ1) is 9.70. The van der Waals surface area contributed by atoms with Crippen molar-refractivity contribution in [3.8, 4) is 11.5 Å². The molecule has 3 rings (SSSR count). The van der Waals surface area contributed by atoms with Crippen molar-refractivity contribution in [2.24, 2.45) is 11.7 Å². The van der Waals surface area contributed by atoms with E-state index in [1.165, 1.54) is 0 Å². The molecule has 1 fully saturated rings. The molecule has 0 spiro atoms. The van der Waals surface area contributed by atoms with E-state index in [4.69, 9.17) is 15.2 Å². The van der Waals surface area contributed by atoms with Gasteiger partial charge < -0.3 is 20.1 Å². The maximum Gasteiger partial charge on any atom is 0.254 e. The van der Waals surface area contributed by atoms with E-state index in [-0.39, 0.29) is 18.7 Å². The standard InChI is InChI=1S/C15H20N2O3/c1-10-3-2-6-17(12(10)8-16)15(18)11-4-5-13-14(7-11)20-9-19-13/h4-5,7,10,12H,2-3,6,8-9,16H2,1H3. The summed E-state index contributed by atoms with van der Waals surface area (Å²) >= 11 is 0. The molecule has 2 unspecified atom stereocenters. The number of nitrogens with two attached hydrogens (primary N) is 1. The SMILES string of the molecule is CC1CCCN(C(=O)c2ccc3c(c2)OCO3)C1CN. The largest absolute Gasteiger partial charge is 0.454 e. The van der Waals surface area contributed by atoms with Gasteiger partial charge in [-0.25, -0.2) is 0 Å². The van der Waals surface area contributed by atoms with Gasteiger partial charge in [0.25, 0.3) is 5.91 Å². The Bertz CT molecular complexity index is 518. The zero-order valence-electron chi connectivity index (χ0n) is 11.7. The number of benzene rings is 1. The third-order valence-electron chi connectivity index (χ3n) is 4.24. The molecule has 1 saturated heterocycles. The van der Waals surface area contributed by atoms with Gasteiger partial charge in [0.2, 0.25) is 6.79 Å². The number of hydrogen-bond acceptors (Lipinski definition) is 4. The van der Waals surface area contributed by atoms with Crippen molar-refractivity contribution in [2.75, 3.05) is 19.9 Å². The van der Waals surface area contributed by atoms with Gasteiger partial charge in [-0.15, -0.1) is 0 Å². The zero-order valence-corrected chi connectivity index (χ0v) is 11.7. The Morgan fingerprint density at radius 1 is 1.40 bits per heavy atom. The van der Waals surface area contributed by atoms with Gasteiger partial charge in [-0.2, -0.15) is 0 Å². The molecule has 2 aliphatic heterocycles. The third-order valence-corrected chi connectivity index (χ3v) is 4.24. The van der Waals surface area contributed by atoms with Crippen molar-refractivity contribution < 1.29 is 14.3 Å². The lowest BCUT2D eigenvalue weighted by atomic mass is 9.90. The Labute approximate surface area is 118 Å². The fourth-order valence-electron chi connectivity index (χ4n) is 3.06. The van der Waals surface area contributed by atoms with Crippen LogP contribution in [0.4, 0.5) is 0 Å². The number of amides is 1. The van der Waals surface area contributed by atoms with Gasteiger partial charge >= 0.3 is 0 Å². The number of likely N-dealkylation sites (tertiary alicyclic amines) is 1. The molecule has 2 heterocycles. The fourth-order valence-corrected chi connectivity index (χ4v) is 3.06. The zero-order chi connectivity index (χ0) is 14.1. The van der Waals surface area contributed by atoms with E-state index >= 15 is 0 Å². The van der Waals surface area contributed by atoms with E-state index in [0.717, 1.165) is 19.4 Å². The number of hydrogen-bond donors (Lipinski definition) is 1. The number of ether oxygens (including phenoxy) is 2. The molecule has 1 amide bonds. The lowest BCUT2D eigenvalue weighted by Gasteiger charge is -2.39. The van der Waals surface area contributed by atoms with Crippen molar-refractivity contribution in [3.63, 3.8) is 0 Å². The maximum absolute atomic E-state index is 12.7. The first kappa shape index (κ1) is 13.2. The highest BCUT2D eigenvalue weighted by Gasteiger charge is 2.31. The predicted molar refractivity (Wildman–Crippen MR) is 74.8 cm³/mol. The molecule has 2 atom stereocenters. The molecule has 108 valence electrons. The summed E-state index contributed by atoms with van der Waals surface area (Å²) in [6.07, 6.45) is 2.17. The molecule has 0 aromatic heterocycles. The number of piperidine rings is 1. The molecule has 5 nitrogen and oxygen atoms in total. The molecule has 1 aromatic rings. The summed E-state index contributed by atoms with van der Waals surface area (Å²) in [7, 11) is 0. The minimum Gasteiger partial charge on any atom is -0.454 e. The summed E-state index contributed by atoms with van der Waals surface area (Å²) < 4.78 is 10.6. The van der Waals surface area contributed by atoms with Gasteiger partial charge in [0.15, 0.2) is 11.5 Å². The average Bonchev–Trinajstić information content (AvgIpc) is 2.93. The quantitative estimate of drug-likeness (QED) is 0.891. The molecule has 0 aliphatic carbocycles. The van der Waals surface area contributed by atoms with Crippen LogP contribution in [0.5, 0.6) is 11.5 Å². The number of fused-ring (bicyclic) bond motifs is 1. The molecular weight excluding hydrogens is 256 g/mol. The Morgan fingerprint density at radius 2 is 2.20 bits per heavy atom. The minimum absolute atomic E-state index is 0.0327. The van der Waals surface area contributed by atoms with Crippen molar-refractivity contribution in [1.29, 1.82) is 0 Å². The number of nitrogens with zero attached hydrogens (tertiary/aromatic N) is 1. The van der Waals surface area contributed by atoms with Crippen molar-refractivity contribution in [2.45, 2.75) is 25.8 Å². The van der Waals surface area contributed by atoms with Crippen LogP contribution >= 0.6 is 0 Å². The summed E-state index contributed by atoms with van der Waals surface area (Å²) in [6, 6.07) is 5.47. The number of rotatable bonds is 2. The van der Waals surface area contributed by atoms with Crippen LogP contribution in [-0.2, 0) is 0 Å². The van der Waals surface area contributed by atoms with Crippen LogP contribution < -0.4 is 15.2 Å². The predicted octanol–water partition coefficient (Wildman–Crippen LogP) is 1.61. The fraction of sp³-hybridized carbons (Fsp3) is 0.533. The number of carbonyl (C=O) groups is 1. The van der Waals surface area contributed by atoms with Crippen molar-refractivity contribution >= 4 is 5.91 Å². The molecule has 5 heteroatoms. The Hall–Kier alpha value is -1.75. The molecule has 0 saturated carbocycles. The summed E-state index contributed by atoms with van der Waals surface area (Å²) in [5.41, 5.74) is 6.49. The van der Waals surface area contributed by atoms with Crippen LogP contribution in [0, 0.1) is 5.92 Å². The summed E-state index contributed by atoms with van der Waals surface area (Å²) in [6.45, 7) is 3.67. The van der Waals surface area contributed by atoms with E-state index in [0.29, 0.717) is 29.5 Å². The first-order valence-corrected chi connectivity index (χ1v) is 7.11. The summed E-state index contributed by atoms with van der Waals surface area (Å²) in [4.78, 5) is 14.6. The van der Waals surface area contributed by atoms with Crippen LogP contribution in [0.1, 0.15) is 30.1 Å². The van der Waals surface area contributed by atoms with Gasteiger partial charge in [0, 0.05) is 24.7 Å². The van der Waals surface area contributed by atoms with E-state index < -0.39 is 0 Å². The normalized spacial score (nSPS) is 24.8. The molecule has 2 N–H and O–H groups in total. The Morgan fingerprint density at radius 3 is 3.00 bits per heavy atom. The lowest BCUT2D eigenvalue weighted by Crippen LogP contribution is -2.51. The Balaban J connectivity index is 1.84. The third kappa shape index (κ3) is 2.22. The smallest absolute Gasteiger partial charge is 0.254 e. The first-order valence-electron chi connectivity index (χ1n) is 7.11. The van der Waals surface area contributed by atoms with Gasteiger partial charge in [0.1, 0.15) is 0 Å². The summed E-state index contributed by atoms with van der Waals surface area (Å²) in [5.74, 6) is 1.83. The van der Waals surface area contributed by atoms with Crippen LogP contribution in [0.25, 0.3) is 0 Å². The molecule has 0 bridgehead atoms. The highest BCUT2D eigenvalue weighted by molar-refractivity contribution is 5.95. The second kappa shape index (κ2) is 5.32.